The predicted molar refractivity (Wildman–Crippen MR) is 90.8 cm³/mol. The summed E-state index contributed by atoms with van der Waals surface area (Å²) >= 11 is 6.09. The molecule has 0 radical (unpaired) electrons. The molecule has 8 heteroatoms. The van der Waals surface area contributed by atoms with Crippen molar-refractivity contribution in [1.29, 1.82) is 0 Å². The third-order valence-corrected chi connectivity index (χ3v) is 3.52. The summed E-state index contributed by atoms with van der Waals surface area (Å²) in [4.78, 5) is 8.08. The van der Waals surface area contributed by atoms with Gasteiger partial charge in [-0.25, -0.2) is 18.7 Å². The van der Waals surface area contributed by atoms with Gasteiger partial charge in [-0.05, 0) is 24.3 Å². The van der Waals surface area contributed by atoms with Crippen LogP contribution < -0.4 is 16.4 Å². The van der Waals surface area contributed by atoms with Gasteiger partial charge in [-0.15, -0.1) is 0 Å². The average molecular weight is 348 g/mol. The zero-order chi connectivity index (χ0) is 17.1. The first-order valence-corrected chi connectivity index (χ1v) is 7.26. The highest BCUT2D eigenvalue weighted by atomic mass is 35.5. The first-order valence-electron chi connectivity index (χ1n) is 6.88. The molecule has 0 aliphatic carbocycles. The van der Waals surface area contributed by atoms with E-state index in [2.05, 4.69) is 20.6 Å². The molecule has 0 bridgehead atoms. The number of hydrogen-bond acceptors (Lipinski definition) is 5. The predicted octanol–water partition coefficient (Wildman–Crippen LogP) is 4.48. The summed E-state index contributed by atoms with van der Waals surface area (Å²) in [5.41, 5.74) is 7.18. The van der Waals surface area contributed by atoms with Crippen molar-refractivity contribution >= 4 is 40.3 Å². The number of benzene rings is 2. The molecule has 0 atom stereocenters. The molecule has 122 valence electrons. The summed E-state index contributed by atoms with van der Waals surface area (Å²) in [5.74, 6) is -1.31. The summed E-state index contributed by atoms with van der Waals surface area (Å²) in [6, 6.07) is 10.5. The molecule has 5 nitrogen and oxygen atoms in total. The Bertz CT molecular complexity index is 888. The van der Waals surface area contributed by atoms with E-state index in [-0.39, 0.29) is 11.5 Å². The number of nitrogen functional groups attached to an aromatic ring is 1. The molecule has 4 N–H and O–H groups in total. The van der Waals surface area contributed by atoms with E-state index >= 15 is 0 Å². The molecule has 3 aromatic rings. The Hall–Kier alpha value is -2.93. The molecule has 24 heavy (non-hydrogen) atoms. The second-order valence-electron chi connectivity index (χ2n) is 4.84. The minimum Gasteiger partial charge on any atom is -0.393 e. The number of nitrogens with two attached hydrogens (primary N) is 1. The Morgan fingerprint density at radius 2 is 1.62 bits per heavy atom. The van der Waals surface area contributed by atoms with Gasteiger partial charge in [0, 0.05) is 11.8 Å². The molecule has 0 saturated carbocycles. The number of anilines is 5. The van der Waals surface area contributed by atoms with Crippen LogP contribution in [0.25, 0.3) is 0 Å². The van der Waals surface area contributed by atoms with Crippen LogP contribution in [0.1, 0.15) is 0 Å². The van der Waals surface area contributed by atoms with Crippen molar-refractivity contribution in [2.75, 3.05) is 16.4 Å². The fourth-order valence-corrected chi connectivity index (χ4v) is 2.18. The summed E-state index contributed by atoms with van der Waals surface area (Å²) < 4.78 is 26.3. The summed E-state index contributed by atoms with van der Waals surface area (Å²) in [6.45, 7) is 0. The van der Waals surface area contributed by atoms with Gasteiger partial charge < -0.3 is 16.4 Å². The Kier molecular flexibility index (Phi) is 4.43. The number of halogens is 3. The zero-order valence-corrected chi connectivity index (χ0v) is 13.0. The Balaban J connectivity index is 1.88. The lowest BCUT2D eigenvalue weighted by Gasteiger charge is -2.13. The Morgan fingerprint density at radius 1 is 0.917 bits per heavy atom. The monoisotopic (exact) mass is 347 g/mol. The topological polar surface area (TPSA) is 75.9 Å². The van der Waals surface area contributed by atoms with Gasteiger partial charge in [0.05, 0.1) is 10.7 Å². The molecule has 0 amide bonds. The largest absolute Gasteiger partial charge is 0.393 e. The lowest BCUT2D eigenvalue weighted by atomic mass is 10.3. The third kappa shape index (κ3) is 3.36. The molecule has 1 aromatic heterocycles. The molecule has 3 rings (SSSR count). The fourth-order valence-electron chi connectivity index (χ4n) is 2.00. The number of aromatic nitrogens is 2. The maximum Gasteiger partial charge on any atom is 0.160 e. The maximum absolute atomic E-state index is 13.3. The van der Waals surface area contributed by atoms with Crippen molar-refractivity contribution in [2.45, 2.75) is 0 Å². The first-order chi connectivity index (χ1) is 11.5. The van der Waals surface area contributed by atoms with Crippen LogP contribution in [0.2, 0.25) is 5.02 Å². The van der Waals surface area contributed by atoms with E-state index in [9.17, 15) is 8.78 Å². The third-order valence-electron chi connectivity index (χ3n) is 3.19. The number of hydrogen-bond donors (Lipinski definition) is 3. The van der Waals surface area contributed by atoms with Crippen LogP contribution >= 0.6 is 11.6 Å². The maximum atomic E-state index is 13.3. The Morgan fingerprint density at radius 3 is 2.33 bits per heavy atom. The molecular formula is C16H12ClF2N5. The molecular weight excluding hydrogens is 336 g/mol. The first kappa shape index (κ1) is 15.9. The normalized spacial score (nSPS) is 10.5. The van der Waals surface area contributed by atoms with Crippen molar-refractivity contribution in [2.24, 2.45) is 0 Å². The highest BCUT2D eigenvalue weighted by molar-refractivity contribution is 6.33. The second-order valence-corrected chi connectivity index (χ2v) is 5.25. The fraction of sp³-hybridized carbons (Fsp3) is 0. The molecule has 1 heterocycles. The molecule has 0 aliphatic heterocycles. The van der Waals surface area contributed by atoms with Crippen LogP contribution in [0, 0.1) is 11.6 Å². The van der Waals surface area contributed by atoms with Crippen molar-refractivity contribution in [3.8, 4) is 0 Å². The van der Waals surface area contributed by atoms with Crippen molar-refractivity contribution in [1.82, 2.24) is 9.97 Å². The van der Waals surface area contributed by atoms with Crippen molar-refractivity contribution < 1.29 is 8.78 Å². The summed E-state index contributed by atoms with van der Waals surface area (Å²) in [6.07, 6.45) is 1.29. The van der Waals surface area contributed by atoms with Gasteiger partial charge in [0.2, 0.25) is 0 Å². The van der Waals surface area contributed by atoms with E-state index in [4.69, 9.17) is 17.3 Å². The molecule has 0 aliphatic rings. The van der Waals surface area contributed by atoms with Crippen LogP contribution in [-0.4, -0.2) is 9.97 Å². The average Bonchev–Trinajstić information content (AvgIpc) is 2.57. The smallest absolute Gasteiger partial charge is 0.160 e. The lowest BCUT2D eigenvalue weighted by molar-refractivity contribution is 0.509. The number of para-hydroxylation sites is 1. The van der Waals surface area contributed by atoms with Crippen LogP contribution in [0.15, 0.2) is 48.8 Å². The number of nitrogens with zero attached hydrogens (tertiary/aromatic N) is 2. The van der Waals surface area contributed by atoms with E-state index in [1.165, 1.54) is 12.4 Å². The minimum absolute atomic E-state index is 0.210. The molecule has 0 saturated heterocycles. The summed E-state index contributed by atoms with van der Waals surface area (Å²) in [5, 5.41) is 6.34. The highest BCUT2D eigenvalue weighted by Crippen LogP contribution is 2.30. The number of nitrogens with one attached hydrogen (secondary N) is 2. The van der Waals surface area contributed by atoms with Crippen LogP contribution in [0.5, 0.6) is 0 Å². The Labute approximate surface area is 141 Å². The lowest BCUT2D eigenvalue weighted by Crippen LogP contribution is -2.05. The van der Waals surface area contributed by atoms with Crippen molar-refractivity contribution in [3.05, 3.63) is 65.4 Å². The van der Waals surface area contributed by atoms with Gasteiger partial charge in [-0.3, -0.25) is 0 Å². The van der Waals surface area contributed by atoms with Gasteiger partial charge in [-0.2, -0.15) is 0 Å². The van der Waals surface area contributed by atoms with E-state index in [0.29, 0.717) is 22.2 Å². The highest BCUT2D eigenvalue weighted by Gasteiger charge is 2.11. The standard InChI is InChI=1S/C16H12ClF2N5/c17-10-3-1-2-4-13(10)24-16-14(20)15(21-8-22-16)23-9-5-6-11(18)12(19)7-9/h1-8H,20H2,(H2,21,22,23,24). The summed E-state index contributed by atoms with van der Waals surface area (Å²) in [7, 11) is 0. The van der Waals surface area contributed by atoms with E-state index in [1.807, 2.05) is 6.07 Å². The number of rotatable bonds is 4. The van der Waals surface area contributed by atoms with E-state index < -0.39 is 11.6 Å². The quantitative estimate of drug-likeness (QED) is 0.649. The molecule has 0 unspecified atom stereocenters. The molecule has 0 fully saturated rings. The second kappa shape index (κ2) is 6.67. The van der Waals surface area contributed by atoms with Crippen LogP contribution in [-0.2, 0) is 0 Å². The van der Waals surface area contributed by atoms with Gasteiger partial charge in [0.25, 0.3) is 0 Å². The molecule has 2 aromatic carbocycles. The van der Waals surface area contributed by atoms with E-state index in [0.717, 1.165) is 12.1 Å². The molecule has 0 spiro atoms. The SMILES string of the molecule is Nc1c(Nc2ccc(F)c(F)c2)ncnc1Nc1ccccc1Cl. The van der Waals surface area contributed by atoms with Gasteiger partial charge in [-0.1, -0.05) is 23.7 Å². The van der Waals surface area contributed by atoms with Gasteiger partial charge >= 0.3 is 0 Å². The van der Waals surface area contributed by atoms with Crippen LogP contribution in [0.4, 0.5) is 37.5 Å². The van der Waals surface area contributed by atoms with Gasteiger partial charge in [0.15, 0.2) is 23.3 Å². The minimum atomic E-state index is -0.970. The van der Waals surface area contributed by atoms with Crippen LogP contribution in [0.3, 0.4) is 0 Å². The zero-order valence-electron chi connectivity index (χ0n) is 12.2. The van der Waals surface area contributed by atoms with Crippen molar-refractivity contribution in [3.63, 3.8) is 0 Å². The van der Waals surface area contributed by atoms with Gasteiger partial charge in [0.1, 0.15) is 12.0 Å². The van der Waals surface area contributed by atoms with E-state index in [1.54, 1.807) is 18.2 Å².